The van der Waals surface area contributed by atoms with E-state index < -0.39 is 0 Å². The van der Waals surface area contributed by atoms with Gasteiger partial charge in [-0.1, -0.05) is 31.5 Å². The normalized spacial score (nSPS) is 10.7. The Morgan fingerprint density at radius 3 is 2.78 bits per heavy atom. The maximum absolute atomic E-state index is 11.7. The van der Waals surface area contributed by atoms with E-state index in [1.54, 1.807) is 12.1 Å². The maximum atomic E-state index is 11.7. The Bertz CT molecular complexity index is 402. The number of aliphatic hydroxyl groups excluding tert-OH is 1. The molecule has 1 aromatic carbocycles. The lowest BCUT2D eigenvalue weighted by molar-refractivity contribution is -0.119. The van der Waals surface area contributed by atoms with Crippen molar-refractivity contribution in [1.29, 1.82) is 0 Å². The number of carbonyl (C=O) groups excluding carboxylic acids is 1. The summed E-state index contributed by atoms with van der Waals surface area (Å²) in [4.78, 5) is 11.7. The van der Waals surface area contributed by atoms with Gasteiger partial charge in [0.1, 0.15) is 18.1 Å². The number of halogens is 1. The molecule has 18 heavy (non-hydrogen) atoms. The molecule has 0 saturated carbocycles. The lowest BCUT2D eigenvalue weighted by atomic mass is 10.0. The number of hydrogen-bond donors (Lipinski definition) is 1. The summed E-state index contributed by atoms with van der Waals surface area (Å²) in [6.07, 6.45) is 0.973. The highest BCUT2D eigenvalue weighted by atomic mass is 35.5. The van der Waals surface area contributed by atoms with E-state index in [0.29, 0.717) is 29.5 Å². The molecule has 1 N–H and O–H groups in total. The van der Waals surface area contributed by atoms with Crippen LogP contribution in [-0.4, -0.2) is 24.1 Å². The molecule has 0 atom stereocenters. The van der Waals surface area contributed by atoms with Gasteiger partial charge in [0, 0.05) is 12.8 Å². The average molecular weight is 271 g/mol. The summed E-state index contributed by atoms with van der Waals surface area (Å²) in [7, 11) is 0. The molecule has 0 aliphatic carbocycles. The Hall–Kier alpha value is -1.06. The van der Waals surface area contributed by atoms with Gasteiger partial charge in [0.25, 0.3) is 0 Å². The number of carbonyl (C=O) groups is 1. The van der Waals surface area contributed by atoms with Crippen molar-refractivity contribution in [2.75, 3.05) is 13.2 Å². The van der Waals surface area contributed by atoms with E-state index in [2.05, 4.69) is 0 Å². The summed E-state index contributed by atoms with van der Waals surface area (Å²) in [5.41, 5.74) is 0.887. The third kappa shape index (κ3) is 5.07. The van der Waals surface area contributed by atoms with E-state index in [4.69, 9.17) is 21.4 Å². The van der Waals surface area contributed by atoms with Gasteiger partial charge in [-0.2, -0.15) is 0 Å². The third-order valence-corrected chi connectivity index (χ3v) is 2.69. The van der Waals surface area contributed by atoms with Crippen LogP contribution in [0, 0.1) is 5.92 Å². The van der Waals surface area contributed by atoms with Crippen LogP contribution in [-0.2, 0) is 11.2 Å². The first-order valence-electron chi connectivity index (χ1n) is 6.06. The Morgan fingerprint density at radius 1 is 1.44 bits per heavy atom. The van der Waals surface area contributed by atoms with Crippen molar-refractivity contribution in [2.45, 2.75) is 26.7 Å². The third-order valence-electron chi connectivity index (χ3n) is 2.38. The summed E-state index contributed by atoms with van der Waals surface area (Å²) in [6, 6.07) is 5.30. The smallest absolute Gasteiger partial charge is 0.138 e. The van der Waals surface area contributed by atoms with Crippen LogP contribution in [0.5, 0.6) is 5.75 Å². The van der Waals surface area contributed by atoms with Crippen LogP contribution < -0.4 is 4.74 Å². The lowest BCUT2D eigenvalue weighted by Gasteiger charge is -2.09. The van der Waals surface area contributed by atoms with Gasteiger partial charge in [-0.3, -0.25) is 4.79 Å². The molecular weight excluding hydrogens is 252 g/mol. The molecule has 0 fully saturated rings. The zero-order valence-corrected chi connectivity index (χ0v) is 11.5. The second kappa shape index (κ2) is 7.39. The summed E-state index contributed by atoms with van der Waals surface area (Å²) in [5, 5.41) is 9.20. The quantitative estimate of drug-likeness (QED) is 0.829. The monoisotopic (exact) mass is 270 g/mol. The molecule has 0 unspecified atom stereocenters. The molecule has 0 spiro atoms. The number of ketones is 1. The van der Waals surface area contributed by atoms with Gasteiger partial charge in [0.15, 0.2) is 0 Å². The highest BCUT2D eigenvalue weighted by molar-refractivity contribution is 6.32. The second-order valence-electron chi connectivity index (χ2n) is 4.65. The first-order chi connectivity index (χ1) is 8.52. The topological polar surface area (TPSA) is 46.5 Å². The Kier molecular flexibility index (Phi) is 6.16. The first kappa shape index (κ1) is 15.0. The molecule has 0 radical (unpaired) electrons. The van der Waals surface area contributed by atoms with Crippen molar-refractivity contribution in [3.63, 3.8) is 0 Å². The lowest BCUT2D eigenvalue weighted by Crippen LogP contribution is -2.07. The van der Waals surface area contributed by atoms with Crippen LogP contribution in [0.2, 0.25) is 5.02 Å². The summed E-state index contributed by atoms with van der Waals surface area (Å²) >= 11 is 5.96. The fourth-order valence-electron chi connectivity index (χ4n) is 1.68. The summed E-state index contributed by atoms with van der Waals surface area (Å²) < 4.78 is 5.30. The predicted molar refractivity (Wildman–Crippen MR) is 72.2 cm³/mol. The largest absolute Gasteiger partial charge is 0.490 e. The molecule has 1 aromatic rings. The van der Waals surface area contributed by atoms with Crippen LogP contribution in [0.1, 0.15) is 25.8 Å². The van der Waals surface area contributed by atoms with Crippen LogP contribution in [0.25, 0.3) is 0 Å². The first-order valence-corrected chi connectivity index (χ1v) is 6.44. The standard InChI is InChI=1S/C14H19ClO3/c1-10(2)7-12(17)8-11-3-4-13(15)14(9-11)18-6-5-16/h3-4,9-10,16H,5-8H2,1-2H3. The molecule has 0 heterocycles. The van der Waals surface area contributed by atoms with Gasteiger partial charge < -0.3 is 9.84 Å². The van der Waals surface area contributed by atoms with Gasteiger partial charge >= 0.3 is 0 Å². The maximum Gasteiger partial charge on any atom is 0.138 e. The molecular formula is C14H19ClO3. The van der Waals surface area contributed by atoms with Gasteiger partial charge in [0.2, 0.25) is 0 Å². The van der Waals surface area contributed by atoms with Gasteiger partial charge in [-0.05, 0) is 23.6 Å². The fraction of sp³-hybridized carbons (Fsp3) is 0.500. The summed E-state index contributed by atoms with van der Waals surface area (Å²) in [5.74, 6) is 1.09. The van der Waals surface area contributed by atoms with E-state index in [1.807, 2.05) is 19.9 Å². The second-order valence-corrected chi connectivity index (χ2v) is 5.06. The van der Waals surface area contributed by atoms with Crippen LogP contribution in [0.15, 0.2) is 18.2 Å². The highest BCUT2D eigenvalue weighted by Crippen LogP contribution is 2.26. The van der Waals surface area contributed by atoms with Crippen LogP contribution in [0.4, 0.5) is 0 Å². The minimum atomic E-state index is -0.0627. The highest BCUT2D eigenvalue weighted by Gasteiger charge is 2.09. The van der Waals surface area contributed by atoms with E-state index in [1.165, 1.54) is 0 Å². The molecule has 0 aromatic heterocycles. The van der Waals surface area contributed by atoms with Crippen molar-refractivity contribution >= 4 is 17.4 Å². The van der Waals surface area contributed by atoms with Crippen molar-refractivity contribution in [3.05, 3.63) is 28.8 Å². The molecule has 0 amide bonds. The van der Waals surface area contributed by atoms with Crippen molar-refractivity contribution in [2.24, 2.45) is 5.92 Å². The Balaban J connectivity index is 2.69. The van der Waals surface area contributed by atoms with E-state index in [0.717, 1.165) is 5.56 Å². The molecule has 100 valence electrons. The number of ether oxygens (including phenoxy) is 1. The molecule has 0 aliphatic rings. The zero-order chi connectivity index (χ0) is 13.5. The summed E-state index contributed by atoms with van der Waals surface area (Å²) in [6.45, 7) is 4.18. The molecule has 1 rings (SSSR count). The Labute approximate surface area is 113 Å². The van der Waals surface area contributed by atoms with Crippen LogP contribution >= 0.6 is 11.6 Å². The minimum absolute atomic E-state index is 0.0627. The SMILES string of the molecule is CC(C)CC(=O)Cc1ccc(Cl)c(OCCO)c1. The van der Waals surface area contributed by atoms with Crippen molar-refractivity contribution in [1.82, 2.24) is 0 Å². The van der Waals surface area contributed by atoms with Crippen molar-refractivity contribution < 1.29 is 14.6 Å². The number of Topliss-reactive ketones (excluding diaryl/α,β-unsaturated/α-hetero) is 1. The fourth-order valence-corrected chi connectivity index (χ4v) is 1.85. The van der Waals surface area contributed by atoms with Crippen molar-refractivity contribution in [3.8, 4) is 5.75 Å². The van der Waals surface area contributed by atoms with Gasteiger partial charge in [0.05, 0.1) is 11.6 Å². The van der Waals surface area contributed by atoms with Gasteiger partial charge in [-0.25, -0.2) is 0 Å². The molecule has 0 bridgehead atoms. The van der Waals surface area contributed by atoms with Gasteiger partial charge in [-0.15, -0.1) is 0 Å². The number of rotatable bonds is 7. The average Bonchev–Trinajstić information content (AvgIpc) is 2.28. The number of aliphatic hydroxyl groups is 1. The van der Waals surface area contributed by atoms with E-state index in [9.17, 15) is 4.79 Å². The number of benzene rings is 1. The van der Waals surface area contributed by atoms with E-state index >= 15 is 0 Å². The predicted octanol–water partition coefficient (Wildman–Crippen LogP) is 2.87. The van der Waals surface area contributed by atoms with Crippen LogP contribution in [0.3, 0.4) is 0 Å². The minimum Gasteiger partial charge on any atom is -0.490 e. The molecule has 3 nitrogen and oxygen atoms in total. The Morgan fingerprint density at radius 2 is 2.17 bits per heavy atom. The molecule has 4 heteroatoms. The molecule has 0 saturated heterocycles. The zero-order valence-electron chi connectivity index (χ0n) is 10.8. The number of hydrogen-bond acceptors (Lipinski definition) is 3. The van der Waals surface area contributed by atoms with E-state index in [-0.39, 0.29) is 19.0 Å². The molecule has 0 aliphatic heterocycles.